The Balaban J connectivity index is 2.61. The van der Waals surface area contributed by atoms with Gasteiger partial charge in [-0.1, -0.05) is 18.2 Å². The smallest absolute Gasteiger partial charge is 0.381 e. The summed E-state index contributed by atoms with van der Waals surface area (Å²) in [6, 6.07) is 3.52. The predicted octanol–water partition coefficient (Wildman–Crippen LogP) is 2.74. The van der Waals surface area contributed by atoms with E-state index in [0.29, 0.717) is 23.4 Å². The summed E-state index contributed by atoms with van der Waals surface area (Å²) < 4.78 is 39.6. The quantitative estimate of drug-likeness (QED) is 0.912. The monoisotopic (exact) mass is 270 g/mol. The molecule has 0 atom stereocenters. The van der Waals surface area contributed by atoms with Crippen LogP contribution in [0.2, 0.25) is 0 Å². The number of aryl methyl sites for hydroxylation is 1. The lowest BCUT2D eigenvalue weighted by Gasteiger charge is -2.12. The largest absolute Gasteiger partial charge is 0.416 e. The molecule has 0 saturated carbocycles. The molecule has 0 unspecified atom stereocenters. The summed E-state index contributed by atoms with van der Waals surface area (Å²) in [5.41, 5.74) is 6.54. The maximum Gasteiger partial charge on any atom is 0.416 e. The van der Waals surface area contributed by atoms with Crippen LogP contribution in [0.25, 0.3) is 5.69 Å². The second-order valence-electron chi connectivity index (χ2n) is 4.19. The molecule has 2 N–H and O–H groups in total. The van der Waals surface area contributed by atoms with E-state index in [0.717, 1.165) is 12.1 Å². The van der Waals surface area contributed by atoms with E-state index in [1.54, 1.807) is 6.92 Å². The molecule has 0 spiro atoms. The van der Waals surface area contributed by atoms with Crippen molar-refractivity contribution < 1.29 is 13.2 Å². The number of anilines is 1. The van der Waals surface area contributed by atoms with E-state index < -0.39 is 11.7 Å². The highest BCUT2D eigenvalue weighted by Crippen LogP contribution is 2.31. The van der Waals surface area contributed by atoms with Crippen LogP contribution in [0.15, 0.2) is 18.2 Å². The van der Waals surface area contributed by atoms with Crippen LogP contribution in [0.1, 0.15) is 23.7 Å². The Labute approximate surface area is 108 Å². The number of rotatable bonds is 2. The lowest BCUT2D eigenvalue weighted by molar-refractivity contribution is -0.137. The Bertz CT molecular complexity index is 602. The maximum atomic E-state index is 12.7. The van der Waals surface area contributed by atoms with Crippen molar-refractivity contribution in [1.29, 1.82) is 0 Å². The number of hydrogen-bond donors (Lipinski definition) is 1. The molecule has 0 bridgehead atoms. The number of alkyl halides is 3. The molecule has 2 rings (SSSR count). The molecule has 1 heterocycles. The van der Waals surface area contributed by atoms with Crippen LogP contribution in [0, 0.1) is 6.92 Å². The molecule has 0 aliphatic rings. The zero-order valence-corrected chi connectivity index (χ0v) is 10.5. The number of nitrogen functional groups attached to an aromatic ring is 1. The van der Waals surface area contributed by atoms with E-state index in [1.807, 2.05) is 6.92 Å². The molecule has 102 valence electrons. The fourth-order valence-corrected chi connectivity index (χ4v) is 1.85. The van der Waals surface area contributed by atoms with Crippen LogP contribution < -0.4 is 5.73 Å². The highest BCUT2D eigenvalue weighted by atomic mass is 19.4. The molecule has 19 heavy (non-hydrogen) atoms. The zero-order chi connectivity index (χ0) is 14.2. The first kappa shape index (κ1) is 13.4. The molecule has 0 saturated heterocycles. The van der Waals surface area contributed by atoms with Gasteiger partial charge < -0.3 is 5.73 Å². The van der Waals surface area contributed by atoms with Crippen molar-refractivity contribution >= 4 is 5.82 Å². The Morgan fingerprint density at radius 3 is 2.58 bits per heavy atom. The van der Waals surface area contributed by atoms with Crippen LogP contribution in [0.5, 0.6) is 0 Å². The molecule has 7 heteroatoms. The Hall–Kier alpha value is -2.05. The van der Waals surface area contributed by atoms with Gasteiger partial charge in [0.2, 0.25) is 0 Å². The van der Waals surface area contributed by atoms with E-state index in [-0.39, 0.29) is 5.82 Å². The minimum Gasteiger partial charge on any atom is -0.381 e. The average molecular weight is 270 g/mol. The molecule has 0 radical (unpaired) electrons. The summed E-state index contributed by atoms with van der Waals surface area (Å²) in [5, 5.41) is 7.52. The summed E-state index contributed by atoms with van der Waals surface area (Å²) in [6.07, 6.45) is -3.85. The van der Waals surface area contributed by atoms with Gasteiger partial charge in [-0.05, 0) is 31.0 Å². The second-order valence-corrected chi connectivity index (χ2v) is 4.19. The lowest BCUT2D eigenvalue weighted by Crippen LogP contribution is -2.09. The average Bonchev–Trinajstić information content (AvgIpc) is 2.69. The first-order valence-corrected chi connectivity index (χ1v) is 5.73. The molecular weight excluding hydrogens is 257 g/mol. The van der Waals surface area contributed by atoms with Crippen LogP contribution in [-0.2, 0) is 12.6 Å². The van der Waals surface area contributed by atoms with E-state index in [1.165, 1.54) is 10.7 Å². The van der Waals surface area contributed by atoms with Crippen molar-refractivity contribution in [3.8, 4) is 5.69 Å². The molecule has 0 amide bonds. The van der Waals surface area contributed by atoms with Crippen molar-refractivity contribution in [2.45, 2.75) is 26.4 Å². The third-order valence-corrected chi connectivity index (χ3v) is 2.89. The van der Waals surface area contributed by atoms with Crippen LogP contribution >= 0.6 is 0 Å². The van der Waals surface area contributed by atoms with Crippen LogP contribution in [-0.4, -0.2) is 15.0 Å². The Kier molecular flexibility index (Phi) is 3.21. The van der Waals surface area contributed by atoms with Gasteiger partial charge in [0.05, 0.1) is 16.9 Å². The SMILES string of the molecule is CCc1c(N)nnn1-c1cc(C(F)(F)F)ccc1C. The number of benzene rings is 1. The summed E-state index contributed by atoms with van der Waals surface area (Å²) in [6.45, 7) is 3.56. The van der Waals surface area contributed by atoms with Gasteiger partial charge in [0.25, 0.3) is 0 Å². The van der Waals surface area contributed by atoms with E-state index in [2.05, 4.69) is 10.3 Å². The summed E-state index contributed by atoms with van der Waals surface area (Å²) in [5.74, 6) is 0.235. The first-order chi connectivity index (χ1) is 8.84. The number of aromatic nitrogens is 3. The minimum absolute atomic E-state index is 0.235. The first-order valence-electron chi connectivity index (χ1n) is 5.73. The highest BCUT2D eigenvalue weighted by molar-refractivity contribution is 5.47. The lowest BCUT2D eigenvalue weighted by atomic mass is 10.1. The minimum atomic E-state index is -4.39. The molecule has 0 aliphatic heterocycles. The second kappa shape index (κ2) is 4.56. The van der Waals surface area contributed by atoms with Gasteiger partial charge in [-0.25, -0.2) is 4.68 Å². The van der Waals surface area contributed by atoms with Gasteiger partial charge in [-0.3, -0.25) is 0 Å². The van der Waals surface area contributed by atoms with Crippen molar-refractivity contribution in [3.63, 3.8) is 0 Å². The summed E-state index contributed by atoms with van der Waals surface area (Å²) in [4.78, 5) is 0. The topological polar surface area (TPSA) is 56.7 Å². The van der Waals surface area contributed by atoms with Gasteiger partial charge in [-0.15, -0.1) is 5.10 Å². The van der Waals surface area contributed by atoms with E-state index >= 15 is 0 Å². The highest BCUT2D eigenvalue weighted by Gasteiger charge is 2.31. The van der Waals surface area contributed by atoms with Crippen molar-refractivity contribution in [2.24, 2.45) is 0 Å². The zero-order valence-electron chi connectivity index (χ0n) is 10.5. The number of hydrogen-bond acceptors (Lipinski definition) is 3. The van der Waals surface area contributed by atoms with Crippen molar-refractivity contribution in [2.75, 3.05) is 5.73 Å². The molecule has 1 aromatic carbocycles. The van der Waals surface area contributed by atoms with Gasteiger partial charge in [0, 0.05) is 0 Å². The summed E-state index contributed by atoms with van der Waals surface area (Å²) in [7, 11) is 0. The fourth-order valence-electron chi connectivity index (χ4n) is 1.85. The van der Waals surface area contributed by atoms with Crippen LogP contribution in [0.4, 0.5) is 19.0 Å². The number of halogens is 3. The number of nitrogens with zero attached hydrogens (tertiary/aromatic N) is 3. The van der Waals surface area contributed by atoms with Gasteiger partial charge in [-0.2, -0.15) is 13.2 Å². The molecule has 0 fully saturated rings. The Morgan fingerprint density at radius 1 is 1.32 bits per heavy atom. The van der Waals surface area contributed by atoms with E-state index in [4.69, 9.17) is 5.73 Å². The summed E-state index contributed by atoms with van der Waals surface area (Å²) >= 11 is 0. The van der Waals surface area contributed by atoms with Crippen molar-refractivity contribution in [3.05, 3.63) is 35.0 Å². The van der Waals surface area contributed by atoms with Gasteiger partial charge in [0.1, 0.15) is 0 Å². The van der Waals surface area contributed by atoms with E-state index in [9.17, 15) is 13.2 Å². The van der Waals surface area contributed by atoms with Crippen LogP contribution in [0.3, 0.4) is 0 Å². The third-order valence-electron chi connectivity index (χ3n) is 2.89. The normalized spacial score (nSPS) is 11.8. The number of nitrogens with two attached hydrogens (primary N) is 1. The van der Waals surface area contributed by atoms with Gasteiger partial charge in [0.15, 0.2) is 5.82 Å². The predicted molar refractivity (Wildman–Crippen MR) is 64.9 cm³/mol. The molecule has 1 aromatic heterocycles. The molecule has 2 aromatic rings. The fraction of sp³-hybridized carbons (Fsp3) is 0.333. The van der Waals surface area contributed by atoms with Gasteiger partial charge >= 0.3 is 6.18 Å². The Morgan fingerprint density at radius 2 is 2.00 bits per heavy atom. The molecular formula is C12H13F3N4. The maximum absolute atomic E-state index is 12.7. The third kappa shape index (κ3) is 2.40. The standard InChI is InChI=1S/C12H13F3N4/c1-3-9-11(16)17-18-19(9)10-6-8(12(13,14)15)5-4-7(10)2/h4-6H,3,16H2,1-2H3. The molecule has 4 nitrogen and oxygen atoms in total. The molecule has 0 aliphatic carbocycles. The van der Waals surface area contributed by atoms with Crippen molar-refractivity contribution in [1.82, 2.24) is 15.0 Å².